The molecule has 2 aromatic heterocycles. The molecule has 2 aromatic rings. The molecule has 0 saturated carbocycles. The van der Waals surface area contributed by atoms with E-state index in [1.807, 2.05) is 6.07 Å². The Morgan fingerprint density at radius 2 is 2.28 bits per heavy atom. The van der Waals surface area contributed by atoms with Crippen LogP contribution in [0.3, 0.4) is 0 Å². The van der Waals surface area contributed by atoms with Gasteiger partial charge in [0.2, 0.25) is 0 Å². The summed E-state index contributed by atoms with van der Waals surface area (Å²) in [4.78, 5) is 27.2. The number of nitrogens with one attached hydrogen (secondary N) is 1. The highest BCUT2D eigenvalue weighted by Crippen LogP contribution is 2.31. The van der Waals surface area contributed by atoms with Gasteiger partial charge in [-0.15, -0.1) is 0 Å². The number of aryl methyl sites for hydroxylation is 1. The number of amides is 1. The third-order valence-corrected chi connectivity index (χ3v) is 5.16. The summed E-state index contributed by atoms with van der Waals surface area (Å²) in [6.45, 7) is 4.64. The summed E-state index contributed by atoms with van der Waals surface area (Å²) in [5.74, 6) is 1.24. The van der Waals surface area contributed by atoms with Crippen LogP contribution in [0.25, 0.3) is 0 Å². The SMILES string of the molecule is Cc1cc(CN(C)C(=O)c2ccc3n(c2=O)C[C@@H]2CNC[C@H]3C2)no1. The van der Waals surface area contributed by atoms with Crippen LogP contribution in [0.1, 0.15) is 39.8 Å². The third-order valence-electron chi connectivity index (χ3n) is 5.16. The Hall–Kier alpha value is -2.41. The number of rotatable bonds is 3. The molecule has 0 unspecified atom stereocenters. The van der Waals surface area contributed by atoms with Crippen molar-refractivity contribution in [2.45, 2.75) is 32.4 Å². The van der Waals surface area contributed by atoms with E-state index >= 15 is 0 Å². The lowest BCUT2D eigenvalue weighted by molar-refractivity contribution is 0.0779. The van der Waals surface area contributed by atoms with Gasteiger partial charge in [-0.25, -0.2) is 0 Å². The molecule has 0 spiro atoms. The zero-order valence-electron chi connectivity index (χ0n) is 14.5. The molecule has 4 heterocycles. The number of hydrogen-bond acceptors (Lipinski definition) is 5. The Morgan fingerprint density at radius 3 is 3.04 bits per heavy atom. The lowest BCUT2D eigenvalue weighted by atomic mass is 9.84. The van der Waals surface area contributed by atoms with Gasteiger partial charge in [-0.05, 0) is 37.9 Å². The Morgan fingerprint density at radius 1 is 1.44 bits per heavy atom. The van der Waals surface area contributed by atoms with E-state index in [1.165, 1.54) is 4.90 Å². The fourth-order valence-electron chi connectivity index (χ4n) is 3.97. The van der Waals surface area contributed by atoms with Crippen LogP contribution in [-0.2, 0) is 13.1 Å². The second-order valence-corrected chi connectivity index (χ2v) is 7.13. The van der Waals surface area contributed by atoms with Crippen LogP contribution in [0.15, 0.2) is 27.5 Å². The number of carbonyl (C=O) groups excluding carboxylic acids is 1. The molecule has 4 rings (SSSR count). The standard InChI is InChI=1S/C18H22N4O3/c1-11-5-14(20-25-11)10-21(2)17(23)15-3-4-16-13-6-12(7-19-8-13)9-22(16)18(15)24/h3-5,12-13,19H,6-10H2,1-2H3/t12-,13+/m0/s1. The molecule has 7 nitrogen and oxygen atoms in total. The Bertz CT molecular complexity index is 869. The Kier molecular flexibility index (Phi) is 3.95. The minimum atomic E-state index is -0.283. The van der Waals surface area contributed by atoms with Crippen LogP contribution in [0.4, 0.5) is 0 Å². The summed E-state index contributed by atoms with van der Waals surface area (Å²) in [7, 11) is 1.68. The fraction of sp³-hybridized carbons (Fsp3) is 0.500. The molecule has 7 heteroatoms. The highest BCUT2D eigenvalue weighted by Gasteiger charge is 2.32. The normalized spacial score (nSPS) is 21.7. The van der Waals surface area contributed by atoms with Gasteiger partial charge in [-0.1, -0.05) is 5.16 Å². The van der Waals surface area contributed by atoms with E-state index in [2.05, 4.69) is 10.5 Å². The van der Waals surface area contributed by atoms with E-state index in [1.54, 1.807) is 30.7 Å². The van der Waals surface area contributed by atoms with Crippen LogP contribution >= 0.6 is 0 Å². The minimum absolute atomic E-state index is 0.178. The maximum Gasteiger partial charge on any atom is 0.263 e. The van der Waals surface area contributed by atoms with Crippen molar-refractivity contribution in [3.8, 4) is 0 Å². The van der Waals surface area contributed by atoms with Gasteiger partial charge in [0.1, 0.15) is 17.0 Å². The first-order valence-corrected chi connectivity index (χ1v) is 8.65. The van der Waals surface area contributed by atoms with Crippen LogP contribution < -0.4 is 10.9 Å². The van der Waals surface area contributed by atoms with Crippen molar-refractivity contribution in [2.75, 3.05) is 20.1 Å². The average Bonchev–Trinajstić information content (AvgIpc) is 3.00. The van der Waals surface area contributed by atoms with E-state index < -0.39 is 0 Å². The van der Waals surface area contributed by atoms with Crippen molar-refractivity contribution in [3.05, 3.63) is 51.3 Å². The number of nitrogens with zero attached hydrogens (tertiary/aromatic N) is 3. The summed E-state index contributed by atoms with van der Waals surface area (Å²) in [6.07, 6.45) is 1.12. The van der Waals surface area contributed by atoms with Gasteiger partial charge in [0.15, 0.2) is 0 Å². The Balaban J connectivity index is 1.61. The van der Waals surface area contributed by atoms with E-state index in [9.17, 15) is 9.59 Å². The predicted molar refractivity (Wildman–Crippen MR) is 91.5 cm³/mol. The molecular formula is C18H22N4O3. The quantitative estimate of drug-likeness (QED) is 0.904. The van der Waals surface area contributed by atoms with Gasteiger partial charge >= 0.3 is 0 Å². The molecule has 1 fully saturated rings. The van der Waals surface area contributed by atoms with Crippen LogP contribution in [0.5, 0.6) is 0 Å². The minimum Gasteiger partial charge on any atom is -0.361 e. The molecule has 1 N–H and O–H groups in total. The van der Waals surface area contributed by atoms with E-state index in [4.69, 9.17) is 4.52 Å². The highest BCUT2D eigenvalue weighted by atomic mass is 16.5. The molecular weight excluding hydrogens is 320 g/mol. The van der Waals surface area contributed by atoms with Gasteiger partial charge in [0.05, 0.1) is 6.54 Å². The maximum atomic E-state index is 12.9. The first kappa shape index (κ1) is 16.1. The molecule has 25 heavy (non-hydrogen) atoms. The second-order valence-electron chi connectivity index (χ2n) is 7.13. The van der Waals surface area contributed by atoms with Crippen molar-refractivity contribution in [3.63, 3.8) is 0 Å². The molecule has 2 atom stereocenters. The van der Waals surface area contributed by atoms with Gasteiger partial charge in [-0.2, -0.15) is 0 Å². The highest BCUT2D eigenvalue weighted by molar-refractivity contribution is 5.93. The molecule has 2 aliphatic heterocycles. The Labute approximate surface area is 145 Å². The first-order chi connectivity index (χ1) is 12.0. The molecule has 0 aliphatic carbocycles. The smallest absolute Gasteiger partial charge is 0.263 e. The molecule has 0 aromatic carbocycles. The number of piperidine rings is 1. The fourth-order valence-corrected chi connectivity index (χ4v) is 3.97. The summed E-state index contributed by atoms with van der Waals surface area (Å²) < 4.78 is 6.84. The molecule has 132 valence electrons. The lowest BCUT2D eigenvalue weighted by Crippen LogP contribution is -2.46. The summed E-state index contributed by atoms with van der Waals surface area (Å²) >= 11 is 0. The number of fused-ring (bicyclic) bond motifs is 4. The van der Waals surface area contributed by atoms with Crippen molar-refractivity contribution >= 4 is 5.91 Å². The average molecular weight is 342 g/mol. The van der Waals surface area contributed by atoms with E-state index in [0.717, 1.165) is 25.2 Å². The molecule has 2 bridgehead atoms. The summed E-state index contributed by atoms with van der Waals surface area (Å²) in [5, 5.41) is 7.33. The number of hydrogen-bond donors (Lipinski definition) is 1. The number of carbonyl (C=O) groups is 1. The monoisotopic (exact) mass is 342 g/mol. The maximum absolute atomic E-state index is 12.9. The lowest BCUT2D eigenvalue weighted by Gasteiger charge is -2.37. The topological polar surface area (TPSA) is 80.4 Å². The van der Waals surface area contributed by atoms with Crippen molar-refractivity contribution < 1.29 is 9.32 Å². The van der Waals surface area contributed by atoms with E-state index in [0.29, 0.717) is 36.4 Å². The largest absolute Gasteiger partial charge is 0.361 e. The third kappa shape index (κ3) is 2.89. The zero-order chi connectivity index (χ0) is 17.6. The van der Waals surface area contributed by atoms with Gasteiger partial charge in [0.25, 0.3) is 11.5 Å². The summed E-state index contributed by atoms with van der Waals surface area (Å²) in [6, 6.07) is 5.41. The molecule has 1 saturated heterocycles. The van der Waals surface area contributed by atoms with Crippen LogP contribution in [-0.4, -0.2) is 40.7 Å². The molecule has 1 amide bonds. The molecule has 2 aliphatic rings. The van der Waals surface area contributed by atoms with Gasteiger partial charge in [0, 0.05) is 37.8 Å². The van der Waals surface area contributed by atoms with Gasteiger partial charge in [-0.3, -0.25) is 9.59 Å². The number of aromatic nitrogens is 2. The first-order valence-electron chi connectivity index (χ1n) is 8.65. The van der Waals surface area contributed by atoms with Crippen molar-refractivity contribution in [1.29, 1.82) is 0 Å². The zero-order valence-corrected chi connectivity index (χ0v) is 14.5. The van der Waals surface area contributed by atoms with E-state index in [-0.39, 0.29) is 17.0 Å². The van der Waals surface area contributed by atoms with Crippen LogP contribution in [0.2, 0.25) is 0 Å². The van der Waals surface area contributed by atoms with Gasteiger partial charge < -0.3 is 19.3 Å². The second kappa shape index (κ2) is 6.15. The van der Waals surface area contributed by atoms with Crippen molar-refractivity contribution in [2.24, 2.45) is 5.92 Å². The van der Waals surface area contributed by atoms with Crippen molar-refractivity contribution in [1.82, 2.24) is 19.9 Å². The predicted octanol–water partition coefficient (Wildman–Crippen LogP) is 1.12. The van der Waals surface area contributed by atoms with Crippen LogP contribution in [0, 0.1) is 12.8 Å². The summed E-state index contributed by atoms with van der Waals surface area (Å²) in [5.41, 5.74) is 1.76. The number of pyridine rings is 1. The molecule has 0 radical (unpaired) electrons.